The Morgan fingerprint density at radius 3 is 2.87 bits per heavy atom. The molecule has 2 rings (SSSR count). The fourth-order valence-corrected chi connectivity index (χ4v) is 3.51. The summed E-state index contributed by atoms with van der Waals surface area (Å²) < 4.78 is 0. The molecule has 1 heterocycles. The minimum atomic E-state index is -0.377. The molecule has 1 N–H and O–H groups in total. The van der Waals surface area contributed by atoms with Crippen LogP contribution in [0.4, 0.5) is 0 Å². The zero-order valence-corrected chi connectivity index (χ0v) is 10.5. The lowest BCUT2D eigenvalue weighted by Crippen LogP contribution is -2.25. The van der Waals surface area contributed by atoms with Gasteiger partial charge in [0, 0.05) is 16.0 Å². The van der Waals surface area contributed by atoms with E-state index in [4.69, 9.17) is 11.6 Å². The second kappa shape index (κ2) is 4.36. The minimum Gasteiger partial charge on any atom is -0.387 e. The number of rotatable bonds is 1. The topological polar surface area (TPSA) is 20.2 Å². The van der Waals surface area contributed by atoms with Crippen LogP contribution < -0.4 is 0 Å². The molecule has 2 atom stereocenters. The highest BCUT2D eigenvalue weighted by Crippen LogP contribution is 2.41. The lowest BCUT2D eigenvalue weighted by Gasteiger charge is -2.32. The van der Waals surface area contributed by atoms with Crippen molar-refractivity contribution in [3.63, 3.8) is 0 Å². The SMILES string of the molecule is CC(C)C1SCc2ccc(Cl)cc2C1O. The summed E-state index contributed by atoms with van der Waals surface area (Å²) in [5.41, 5.74) is 2.23. The van der Waals surface area contributed by atoms with Gasteiger partial charge in [-0.3, -0.25) is 0 Å². The molecule has 0 aromatic heterocycles. The number of benzene rings is 1. The molecule has 0 radical (unpaired) electrons. The van der Waals surface area contributed by atoms with E-state index in [0.717, 1.165) is 11.3 Å². The molecule has 1 aliphatic rings. The van der Waals surface area contributed by atoms with Crippen LogP contribution in [0.25, 0.3) is 0 Å². The summed E-state index contributed by atoms with van der Waals surface area (Å²) in [5.74, 6) is 1.46. The highest BCUT2D eigenvalue weighted by molar-refractivity contribution is 7.99. The second-order valence-corrected chi connectivity index (χ2v) is 5.91. The van der Waals surface area contributed by atoms with Gasteiger partial charge in [0.25, 0.3) is 0 Å². The van der Waals surface area contributed by atoms with Crippen LogP contribution in [0.2, 0.25) is 5.02 Å². The van der Waals surface area contributed by atoms with Crippen molar-refractivity contribution in [2.24, 2.45) is 5.92 Å². The van der Waals surface area contributed by atoms with E-state index in [1.54, 1.807) is 0 Å². The molecule has 0 amide bonds. The lowest BCUT2D eigenvalue weighted by molar-refractivity contribution is 0.156. The third-order valence-corrected chi connectivity index (χ3v) is 4.73. The van der Waals surface area contributed by atoms with Gasteiger partial charge in [-0.05, 0) is 29.2 Å². The average Bonchev–Trinajstić information content (AvgIpc) is 2.19. The van der Waals surface area contributed by atoms with Crippen LogP contribution in [0.3, 0.4) is 0 Å². The van der Waals surface area contributed by atoms with Gasteiger partial charge in [0.1, 0.15) is 0 Å². The summed E-state index contributed by atoms with van der Waals surface area (Å²) in [4.78, 5) is 0. The summed E-state index contributed by atoms with van der Waals surface area (Å²) in [6.45, 7) is 4.30. The molecule has 82 valence electrons. The first kappa shape index (κ1) is 11.3. The fourth-order valence-electron chi connectivity index (χ4n) is 1.98. The summed E-state index contributed by atoms with van der Waals surface area (Å²) in [7, 11) is 0. The number of hydrogen-bond acceptors (Lipinski definition) is 2. The molecule has 0 spiro atoms. The number of aliphatic hydroxyl groups excluding tert-OH is 1. The van der Waals surface area contributed by atoms with Gasteiger partial charge in [-0.25, -0.2) is 0 Å². The van der Waals surface area contributed by atoms with Gasteiger partial charge in [0.15, 0.2) is 0 Å². The van der Waals surface area contributed by atoms with Crippen LogP contribution in [0.15, 0.2) is 18.2 Å². The maximum atomic E-state index is 10.2. The van der Waals surface area contributed by atoms with Crippen LogP contribution in [-0.4, -0.2) is 10.4 Å². The lowest BCUT2D eigenvalue weighted by atomic mass is 9.95. The number of halogens is 1. The van der Waals surface area contributed by atoms with E-state index < -0.39 is 0 Å². The van der Waals surface area contributed by atoms with Gasteiger partial charge in [-0.2, -0.15) is 11.8 Å². The number of aliphatic hydroxyl groups is 1. The van der Waals surface area contributed by atoms with Gasteiger partial charge in [0.05, 0.1) is 6.10 Å². The van der Waals surface area contributed by atoms with Crippen molar-refractivity contribution in [2.45, 2.75) is 31.0 Å². The minimum absolute atomic E-state index is 0.288. The zero-order valence-electron chi connectivity index (χ0n) is 8.90. The molecule has 2 unspecified atom stereocenters. The Kier molecular flexibility index (Phi) is 3.29. The molecule has 0 aliphatic carbocycles. The van der Waals surface area contributed by atoms with Crippen molar-refractivity contribution in [3.8, 4) is 0 Å². The first-order chi connectivity index (χ1) is 7.09. The van der Waals surface area contributed by atoms with Crippen molar-refractivity contribution >= 4 is 23.4 Å². The molecule has 15 heavy (non-hydrogen) atoms. The van der Waals surface area contributed by atoms with E-state index in [9.17, 15) is 5.11 Å². The summed E-state index contributed by atoms with van der Waals surface area (Å²) in [5, 5.41) is 11.2. The molecule has 0 saturated carbocycles. The molecule has 0 fully saturated rings. The Bertz CT molecular complexity index is 365. The highest BCUT2D eigenvalue weighted by atomic mass is 35.5. The maximum absolute atomic E-state index is 10.2. The predicted molar refractivity (Wildman–Crippen MR) is 66.3 cm³/mol. The van der Waals surface area contributed by atoms with E-state index in [2.05, 4.69) is 13.8 Å². The Morgan fingerprint density at radius 2 is 2.20 bits per heavy atom. The van der Waals surface area contributed by atoms with Gasteiger partial charge in [-0.15, -0.1) is 0 Å². The molecule has 1 aromatic carbocycles. The van der Waals surface area contributed by atoms with Crippen LogP contribution in [0.1, 0.15) is 31.1 Å². The summed E-state index contributed by atoms with van der Waals surface area (Å²) >= 11 is 7.79. The van der Waals surface area contributed by atoms with Crippen LogP contribution in [0.5, 0.6) is 0 Å². The van der Waals surface area contributed by atoms with E-state index in [1.807, 2.05) is 30.0 Å². The second-order valence-electron chi connectivity index (χ2n) is 4.31. The Balaban J connectivity index is 2.36. The molecule has 1 aromatic rings. The zero-order chi connectivity index (χ0) is 11.0. The normalized spacial score (nSPS) is 25.4. The van der Waals surface area contributed by atoms with Crippen molar-refractivity contribution in [3.05, 3.63) is 34.3 Å². The molecule has 3 heteroatoms. The van der Waals surface area contributed by atoms with Crippen molar-refractivity contribution in [1.29, 1.82) is 0 Å². The quantitative estimate of drug-likeness (QED) is 0.811. The third kappa shape index (κ3) is 2.17. The van der Waals surface area contributed by atoms with Crippen LogP contribution in [-0.2, 0) is 5.75 Å². The average molecular weight is 243 g/mol. The number of thioether (sulfide) groups is 1. The highest BCUT2D eigenvalue weighted by Gasteiger charge is 2.30. The van der Waals surface area contributed by atoms with E-state index in [-0.39, 0.29) is 11.4 Å². The summed E-state index contributed by atoms with van der Waals surface area (Å²) in [6.07, 6.45) is -0.377. The fraction of sp³-hybridized carbons (Fsp3) is 0.500. The largest absolute Gasteiger partial charge is 0.387 e. The molecule has 1 aliphatic heterocycles. The summed E-state index contributed by atoms with van der Waals surface area (Å²) in [6, 6.07) is 5.81. The van der Waals surface area contributed by atoms with Crippen LogP contribution in [0, 0.1) is 5.92 Å². The Morgan fingerprint density at radius 1 is 1.47 bits per heavy atom. The Labute approximate surface area is 99.8 Å². The first-order valence-corrected chi connectivity index (χ1v) is 6.60. The molecule has 0 bridgehead atoms. The van der Waals surface area contributed by atoms with Gasteiger partial charge >= 0.3 is 0 Å². The maximum Gasteiger partial charge on any atom is 0.0914 e. The monoisotopic (exact) mass is 242 g/mol. The van der Waals surface area contributed by atoms with E-state index in [1.165, 1.54) is 5.56 Å². The third-order valence-electron chi connectivity index (χ3n) is 2.83. The number of hydrogen-bond donors (Lipinski definition) is 1. The van der Waals surface area contributed by atoms with Crippen molar-refractivity contribution in [1.82, 2.24) is 0 Å². The molecular formula is C12H15ClOS. The van der Waals surface area contributed by atoms with Gasteiger partial charge < -0.3 is 5.11 Å². The molecular weight excluding hydrogens is 228 g/mol. The molecule has 0 saturated heterocycles. The molecule has 1 nitrogen and oxygen atoms in total. The van der Waals surface area contributed by atoms with Crippen molar-refractivity contribution in [2.75, 3.05) is 0 Å². The standard InChI is InChI=1S/C12H15ClOS/c1-7(2)12-11(14)10-5-9(13)4-3-8(10)6-15-12/h3-5,7,11-12,14H,6H2,1-2H3. The van der Waals surface area contributed by atoms with Crippen LogP contribution >= 0.6 is 23.4 Å². The van der Waals surface area contributed by atoms with Crippen molar-refractivity contribution < 1.29 is 5.11 Å². The van der Waals surface area contributed by atoms with E-state index in [0.29, 0.717) is 10.9 Å². The smallest absolute Gasteiger partial charge is 0.0914 e. The first-order valence-electron chi connectivity index (χ1n) is 5.17. The van der Waals surface area contributed by atoms with Gasteiger partial charge in [0.2, 0.25) is 0 Å². The van der Waals surface area contributed by atoms with E-state index >= 15 is 0 Å². The predicted octanol–water partition coefficient (Wildman–Crippen LogP) is 3.64. The Hall–Kier alpha value is -0.180. The number of fused-ring (bicyclic) bond motifs is 1. The van der Waals surface area contributed by atoms with Gasteiger partial charge in [-0.1, -0.05) is 31.5 Å².